The zero-order chi connectivity index (χ0) is 21.9. The van der Waals surface area contributed by atoms with E-state index < -0.39 is 0 Å². The number of para-hydroxylation sites is 1. The first-order chi connectivity index (χ1) is 15.2. The van der Waals surface area contributed by atoms with Gasteiger partial charge in [-0.25, -0.2) is 0 Å². The SMILES string of the molecule is CCC[C@@H](NCC(=O)N(CC(=O)Nc1ccccc1)Cc1ccco1)c1ccccc1. The second kappa shape index (κ2) is 11.7. The first kappa shape index (κ1) is 22.3. The van der Waals surface area contributed by atoms with Crippen LogP contribution >= 0.6 is 0 Å². The van der Waals surface area contributed by atoms with E-state index in [2.05, 4.69) is 29.7 Å². The van der Waals surface area contributed by atoms with Gasteiger partial charge in [0.1, 0.15) is 12.3 Å². The first-order valence-corrected chi connectivity index (χ1v) is 10.6. The van der Waals surface area contributed by atoms with Gasteiger partial charge in [0, 0.05) is 11.7 Å². The van der Waals surface area contributed by atoms with Crippen molar-refractivity contribution in [2.24, 2.45) is 0 Å². The summed E-state index contributed by atoms with van der Waals surface area (Å²) in [6, 6.07) is 23.0. The number of hydrogen-bond acceptors (Lipinski definition) is 4. The molecular weight excluding hydrogens is 390 g/mol. The van der Waals surface area contributed by atoms with Crippen molar-refractivity contribution < 1.29 is 14.0 Å². The number of carbonyl (C=O) groups excluding carboxylic acids is 2. The standard InChI is InChI=1S/C25H29N3O3/c1-2-10-23(20-11-5-3-6-12-20)26-17-25(30)28(18-22-15-9-16-31-22)19-24(29)27-21-13-7-4-8-14-21/h3-9,11-16,23,26H,2,10,17-19H2,1H3,(H,27,29)/t23-/m1/s1. The fourth-order valence-electron chi connectivity index (χ4n) is 3.40. The van der Waals surface area contributed by atoms with E-state index in [4.69, 9.17) is 4.42 Å². The molecule has 2 aromatic carbocycles. The van der Waals surface area contributed by atoms with Gasteiger partial charge in [0.2, 0.25) is 11.8 Å². The summed E-state index contributed by atoms with van der Waals surface area (Å²) in [5.41, 5.74) is 1.85. The van der Waals surface area contributed by atoms with Crippen LogP contribution in [0, 0.1) is 0 Å². The number of nitrogens with one attached hydrogen (secondary N) is 2. The fourth-order valence-corrected chi connectivity index (χ4v) is 3.40. The lowest BCUT2D eigenvalue weighted by Crippen LogP contribution is -2.42. The highest BCUT2D eigenvalue weighted by Crippen LogP contribution is 2.18. The molecule has 6 heteroatoms. The van der Waals surface area contributed by atoms with Crippen molar-refractivity contribution in [2.75, 3.05) is 18.4 Å². The minimum absolute atomic E-state index is 0.0557. The van der Waals surface area contributed by atoms with Crippen LogP contribution in [-0.4, -0.2) is 29.8 Å². The van der Waals surface area contributed by atoms with E-state index in [-0.39, 0.29) is 37.5 Å². The Kier molecular flexibility index (Phi) is 8.43. The quantitative estimate of drug-likeness (QED) is 0.484. The van der Waals surface area contributed by atoms with Gasteiger partial charge in [0.25, 0.3) is 0 Å². The van der Waals surface area contributed by atoms with Gasteiger partial charge < -0.3 is 20.0 Å². The summed E-state index contributed by atoms with van der Waals surface area (Å²) in [4.78, 5) is 27.1. The normalized spacial score (nSPS) is 11.6. The summed E-state index contributed by atoms with van der Waals surface area (Å²) in [5.74, 6) is 0.227. The highest BCUT2D eigenvalue weighted by atomic mass is 16.3. The first-order valence-electron chi connectivity index (χ1n) is 10.6. The molecule has 2 N–H and O–H groups in total. The number of rotatable bonds is 11. The van der Waals surface area contributed by atoms with E-state index in [1.54, 1.807) is 18.4 Å². The zero-order valence-corrected chi connectivity index (χ0v) is 17.8. The molecular formula is C25H29N3O3. The van der Waals surface area contributed by atoms with Gasteiger partial charge in [0.05, 0.1) is 19.4 Å². The van der Waals surface area contributed by atoms with Gasteiger partial charge in [-0.15, -0.1) is 0 Å². The second-order valence-electron chi connectivity index (χ2n) is 7.38. The van der Waals surface area contributed by atoms with Crippen LogP contribution in [-0.2, 0) is 16.1 Å². The van der Waals surface area contributed by atoms with Crippen molar-refractivity contribution in [3.8, 4) is 0 Å². The topological polar surface area (TPSA) is 74.6 Å². The van der Waals surface area contributed by atoms with E-state index >= 15 is 0 Å². The molecule has 3 rings (SSSR count). The lowest BCUT2D eigenvalue weighted by Gasteiger charge is -2.24. The van der Waals surface area contributed by atoms with E-state index in [0.717, 1.165) is 18.4 Å². The molecule has 0 saturated heterocycles. The number of amides is 2. The zero-order valence-electron chi connectivity index (χ0n) is 17.8. The third-order valence-electron chi connectivity index (χ3n) is 4.95. The highest BCUT2D eigenvalue weighted by Gasteiger charge is 2.20. The Bertz CT molecular complexity index is 927. The third kappa shape index (κ3) is 7.12. The average Bonchev–Trinajstić information content (AvgIpc) is 3.30. The molecule has 0 unspecified atom stereocenters. The smallest absolute Gasteiger partial charge is 0.244 e. The number of benzene rings is 2. The summed E-state index contributed by atoms with van der Waals surface area (Å²) in [7, 11) is 0. The molecule has 2 amide bonds. The molecule has 162 valence electrons. The number of nitrogens with zero attached hydrogens (tertiary/aromatic N) is 1. The molecule has 0 fully saturated rings. The van der Waals surface area contributed by atoms with E-state index in [0.29, 0.717) is 11.4 Å². The van der Waals surface area contributed by atoms with Crippen molar-refractivity contribution in [1.82, 2.24) is 10.2 Å². The van der Waals surface area contributed by atoms with Crippen molar-refractivity contribution >= 4 is 17.5 Å². The second-order valence-corrected chi connectivity index (χ2v) is 7.38. The van der Waals surface area contributed by atoms with Gasteiger partial charge >= 0.3 is 0 Å². The molecule has 1 heterocycles. The summed E-state index contributed by atoms with van der Waals surface area (Å²) < 4.78 is 5.40. The number of hydrogen-bond donors (Lipinski definition) is 2. The van der Waals surface area contributed by atoms with Crippen LogP contribution < -0.4 is 10.6 Å². The maximum absolute atomic E-state index is 13.0. The molecule has 0 aliphatic rings. The summed E-state index contributed by atoms with van der Waals surface area (Å²) in [6.45, 7) is 2.44. The Morgan fingerprint density at radius 1 is 0.968 bits per heavy atom. The van der Waals surface area contributed by atoms with Crippen LogP contribution in [0.5, 0.6) is 0 Å². The monoisotopic (exact) mass is 419 g/mol. The van der Waals surface area contributed by atoms with Crippen molar-refractivity contribution in [3.05, 3.63) is 90.4 Å². The van der Waals surface area contributed by atoms with Crippen LogP contribution in [0.2, 0.25) is 0 Å². The minimum atomic E-state index is -0.251. The molecule has 0 aliphatic heterocycles. The molecule has 6 nitrogen and oxygen atoms in total. The maximum Gasteiger partial charge on any atom is 0.244 e. The fraction of sp³-hybridized carbons (Fsp3) is 0.280. The van der Waals surface area contributed by atoms with Gasteiger partial charge in [-0.1, -0.05) is 61.9 Å². The number of carbonyl (C=O) groups is 2. The molecule has 31 heavy (non-hydrogen) atoms. The van der Waals surface area contributed by atoms with Crippen molar-refractivity contribution in [2.45, 2.75) is 32.4 Å². The predicted molar refractivity (Wildman–Crippen MR) is 121 cm³/mol. The molecule has 1 atom stereocenters. The molecule has 0 saturated carbocycles. The summed E-state index contributed by atoms with van der Waals surface area (Å²) in [6.07, 6.45) is 3.48. The summed E-state index contributed by atoms with van der Waals surface area (Å²) in [5, 5.41) is 6.20. The van der Waals surface area contributed by atoms with Crippen LogP contribution in [0.4, 0.5) is 5.69 Å². The highest BCUT2D eigenvalue weighted by molar-refractivity contribution is 5.94. The van der Waals surface area contributed by atoms with Crippen molar-refractivity contribution in [3.63, 3.8) is 0 Å². The molecule has 1 aromatic heterocycles. The molecule has 0 radical (unpaired) electrons. The van der Waals surface area contributed by atoms with Gasteiger partial charge in [-0.05, 0) is 36.2 Å². The van der Waals surface area contributed by atoms with E-state index in [1.807, 2.05) is 48.5 Å². The molecule has 0 spiro atoms. The average molecular weight is 420 g/mol. The Morgan fingerprint density at radius 2 is 1.68 bits per heavy atom. The lowest BCUT2D eigenvalue weighted by molar-refractivity contribution is -0.134. The summed E-state index contributed by atoms with van der Waals surface area (Å²) >= 11 is 0. The number of furan rings is 1. The van der Waals surface area contributed by atoms with Gasteiger partial charge in [-0.2, -0.15) is 0 Å². The van der Waals surface area contributed by atoms with Crippen molar-refractivity contribution in [1.29, 1.82) is 0 Å². The lowest BCUT2D eigenvalue weighted by atomic mass is 10.0. The largest absolute Gasteiger partial charge is 0.467 e. The molecule has 0 aliphatic carbocycles. The van der Waals surface area contributed by atoms with Crippen LogP contribution in [0.15, 0.2) is 83.5 Å². The third-order valence-corrected chi connectivity index (χ3v) is 4.95. The Morgan fingerprint density at radius 3 is 2.32 bits per heavy atom. The van der Waals surface area contributed by atoms with Crippen LogP contribution in [0.25, 0.3) is 0 Å². The Labute approximate surface area is 183 Å². The minimum Gasteiger partial charge on any atom is -0.467 e. The Hall–Kier alpha value is -3.38. The predicted octanol–water partition coefficient (Wildman–Crippen LogP) is 4.38. The Balaban J connectivity index is 1.64. The van der Waals surface area contributed by atoms with E-state index in [1.165, 1.54) is 4.90 Å². The van der Waals surface area contributed by atoms with Gasteiger partial charge in [0.15, 0.2) is 0 Å². The van der Waals surface area contributed by atoms with Gasteiger partial charge in [-0.3, -0.25) is 9.59 Å². The van der Waals surface area contributed by atoms with E-state index in [9.17, 15) is 9.59 Å². The molecule has 3 aromatic rings. The van der Waals surface area contributed by atoms with Crippen LogP contribution in [0.3, 0.4) is 0 Å². The van der Waals surface area contributed by atoms with Crippen LogP contribution in [0.1, 0.15) is 37.1 Å². The number of anilines is 1. The maximum atomic E-state index is 13.0. The molecule has 0 bridgehead atoms.